The van der Waals surface area contributed by atoms with Gasteiger partial charge in [0.25, 0.3) is 0 Å². The maximum Gasteiger partial charge on any atom is 0.417 e. The second kappa shape index (κ2) is 5.06. The maximum atomic E-state index is 12.8. The maximum absolute atomic E-state index is 12.8. The van der Waals surface area contributed by atoms with E-state index in [0.717, 1.165) is 18.9 Å². The van der Waals surface area contributed by atoms with Crippen molar-refractivity contribution < 1.29 is 21.6 Å². The van der Waals surface area contributed by atoms with E-state index < -0.39 is 21.8 Å². The van der Waals surface area contributed by atoms with Crippen LogP contribution in [0.5, 0.6) is 0 Å². The van der Waals surface area contributed by atoms with Crippen molar-refractivity contribution in [2.24, 2.45) is 0 Å². The van der Waals surface area contributed by atoms with Gasteiger partial charge in [-0.1, -0.05) is 15.9 Å². The van der Waals surface area contributed by atoms with Crippen LogP contribution in [0.2, 0.25) is 0 Å². The second-order valence-electron chi connectivity index (χ2n) is 4.25. The summed E-state index contributed by atoms with van der Waals surface area (Å²) in [7, 11) is -3.83. The third kappa shape index (κ3) is 2.95. The molecule has 0 aliphatic carbocycles. The number of nitrogens with zero attached hydrogens (tertiary/aromatic N) is 1. The molecule has 1 heterocycles. The molecule has 1 saturated heterocycles. The van der Waals surface area contributed by atoms with Crippen LogP contribution in [0.25, 0.3) is 0 Å². The SMILES string of the molecule is O=S(=O)(c1ccc(Br)c(C(F)(F)F)c1)N1CCCC1. The molecule has 1 aromatic carbocycles. The quantitative estimate of drug-likeness (QED) is 0.814. The Morgan fingerprint density at radius 3 is 2.26 bits per heavy atom. The average molecular weight is 358 g/mol. The largest absolute Gasteiger partial charge is 0.417 e. The molecule has 0 spiro atoms. The summed E-state index contributed by atoms with van der Waals surface area (Å²) in [6, 6.07) is 2.98. The summed E-state index contributed by atoms with van der Waals surface area (Å²) in [4.78, 5) is -0.315. The van der Waals surface area contributed by atoms with Gasteiger partial charge in [-0.15, -0.1) is 0 Å². The van der Waals surface area contributed by atoms with E-state index in [2.05, 4.69) is 15.9 Å². The summed E-state index contributed by atoms with van der Waals surface area (Å²) in [5.41, 5.74) is -0.979. The van der Waals surface area contributed by atoms with Crippen molar-refractivity contribution in [2.45, 2.75) is 23.9 Å². The van der Waals surface area contributed by atoms with Gasteiger partial charge >= 0.3 is 6.18 Å². The lowest BCUT2D eigenvalue weighted by Crippen LogP contribution is -2.28. The number of sulfonamides is 1. The first-order valence-electron chi connectivity index (χ1n) is 5.60. The number of halogens is 4. The van der Waals surface area contributed by atoms with E-state index in [0.29, 0.717) is 19.2 Å². The molecule has 19 heavy (non-hydrogen) atoms. The second-order valence-corrected chi connectivity index (χ2v) is 7.04. The standard InChI is InChI=1S/C11H11BrF3NO2S/c12-10-4-3-8(7-9(10)11(13,14)15)19(17,18)16-5-1-2-6-16/h3-4,7H,1-2,5-6H2. The lowest BCUT2D eigenvalue weighted by Gasteiger charge is -2.17. The van der Waals surface area contributed by atoms with Crippen LogP contribution in [0.1, 0.15) is 18.4 Å². The molecule has 0 bridgehead atoms. The zero-order valence-electron chi connectivity index (χ0n) is 9.74. The molecule has 3 nitrogen and oxygen atoms in total. The fourth-order valence-electron chi connectivity index (χ4n) is 1.96. The van der Waals surface area contributed by atoms with Crippen molar-refractivity contribution in [3.8, 4) is 0 Å². The van der Waals surface area contributed by atoms with E-state index in [1.807, 2.05) is 0 Å². The van der Waals surface area contributed by atoms with Crippen LogP contribution in [0.3, 0.4) is 0 Å². The monoisotopic (exact) mass is 357 g/mol. The number of hydrogen-bond donors (Lipinski definition) is 0. The molecule has 2 rings (SSSR count). The Hall–Kier alpha value is -0.600. The molecule has 0 radical (unpaired) electrons. The third-order valence-corrected chi connectivity index (χ3v) is 5.53. The van der Waals surface area contributed by atoms with Crippen molar-refractivity contribution in [2.75, 3.05) is 13.1 Å². The molecule has 1 fully saturated rings. The predicted octanol–water partition coefficient (Wildman–Crippen LogP) is 3.25. The lowest BCUT2D eigenvalue weighted by molar-refractivity contribution is -0.138. The highest BCUT2D eigenvalue weighted by atomic mass is 79.9. The number of alkyl halides is 3. The van der Waals surface area contributed by atoms with Gasteiger partial charge in [-0.05, 0) is 31.0 Å². The Kier molecular flexibility index (Phi) is 3.95. The number of rotatable bonds is 2. The lowest BCUT2D eigenvalue weighted by atomic mass is 10.2. The van der Waals surface area contributed by atoms with Crippen molar-refractivity contribution in [3.63, 3.8) is 0 Å². The van der Waals surface area contributed by atoms with Crippen LogP contribution in [0, 0.1) is 0 Å². The minimum atomic E-state index is -4.59. The van der Waals surface area contributed by atoms with Gasteiger partial charge in [0.2, 0.25) is 10.0 Å². The Labute approximate surface area is 117 Å². The first-order chi connectivity index (χ1) is 8.73. The molecular weight excluding hydrogens is 347 g/mol. The molecule has 0 saturated carbocycles. The first-order valence-corrected chi connectivity index (χ1v) is 7.83. The van der Waals surface area contributed by atoms with Gasteiger partial charge in [0.05, 0.1) is 10.5 Å². The molecule has 1 aromatic rings. The summed E-state index contributed by atoms with van der Waals surface area (Å²) in [6.07, 6.45) is -3.11. The van der Waals surface area contributed by atoms with Crippen molar-refractivity contribution >= 4 is 26.0 Å². The average Bonchev–Trinajstić information content (AvgIpc) is 2.81. The molecule has 0 aromatic heterocycles. The van der Waals surface area contributed by atoms with Gasteiger partial charge in [0.1, 0.15) is 0 Å². The van der Waals surface area contributed by atoms with Gasteiger partial charge in [-0.2, -0.15) is 17.5 Å². The van der Waals surface area contributed by atoms with Crippen LogP contribution in [0.15, 0.2) is 27.6 Å². The van der Waals surface area contributed by atoms with Crippen LogP contribution in [0.4, 0.5) is 13.2 Å². The fraction of sp³-hybridized carbons (Fsp3) is 0.455. The number of benzene rings is 1. The zero-order valence-corrected chi connectivity index (χ0v) is 12.1. The van der Waals surface area contributed by atoms with Crippen LogP contribution >= 0.6 is 15.9 Å². The van der Waals surface area contributed by atoms with Gasteiger partial charge < -0.3 is 0 Å². The van der Waals surface area contributed by atoms with Gasteiger partial charge in [0, 0.05) is 17.6 Å². The zero-order chi connectivity index (χ0) is 14.3. The molecule has 106 valence electrons. The first kappa shape index (κ1) is 14.8. The van der Waals surface area contributed by atoms with E-state index in [4.69, 9.17) is 0 Å². The molecule has 8 heteroatoms. The molecule has 0 unspecified atom stereocenters. The summed E-state index contributed by atoms with van der Waals surface area (Å²) in [5.74, 6) is 0. The molecule has 0 N–H and O–H groups in total. The molecule has 1 aliphatic heterocycles. The highest BCUT2D eigenvalue weighted by Gasteiger charge is 2.35. The van der Waals surface area contributed by atoms with Gasteiger partial charge in [-0.25, -0.2) is 8.42 Å². The van der Waals surface area contributed by atoms with Crippen LogP contribution in [-0.2, 0) is 16.2 Å². The highest BCUT2D eigenvalue weighted by Crippen LogP contribution is 2.36. The van der Waals surface area contributed by atoms with Gasteiger partial charge in [-0.3, -0.25) is 0 Å². The topological polar surface area (TPSA) is 37.4 Å². The molecular formula is C11H11BrF3NO2S. The highest BCUT2D eigenvalue weighted by molar-refractivity contribution is 9.10. The van der Waals surface area contributed by atoms with Gasteiger partial charge in [0.15, 0.2) is 0 Å². The van der Waals surface area contributed by atoms with Crippen molar-refractivity contribution in [1.82, 2.24) is 4.31 Å². The molecule has 1 aliphatic rings. The van der Waals surface area contributed by atoms with E-state index >= 15 is 0 Å². The molecule has 0 atom stereocenters. The van der Waals surface area contributed by atoms with Crippen molar-refractivity contribution in [1.29, 1.82) is 0 Å². The van der Waals surface area contributed by atoms with Crippen LogP contribution < -0.4 is 0 Å². The minimum Gasteiger partial charge on any atom is -0.207 e. The summed E-state index contributed by atoms with van der Waals surface area (Å²) >= 11 is 2.79. The minimum absolute atomic E-state index is 0.166. The summed E-state index contributed by atoms with van der Waals surface area (Å²) in [5, 5.41) is 0. The Bertz CT molecular complexity index is 580. The van der Waals surface area contributed by atoms with E-state index in [9.17, 15) is 21.6 Å². The number of hydrogen-bond acceptors (Lipinski definition) is 2. The smallest absolute Gasteiger partial charge is 0.207 e. The van der Waals surface area contributed by atoms with E-state index in [1.54, 1.807) is 0 Å². The normalized spacial score (nSPS) is 17.9. The Morgan fingerprint density at radius 1 is 1.16 bits per heavy atom. The van der Waals surface area contributed by atoms with Crippen molar-refractivity contribution in [3.05, 3.63) is 28.2 Å². The van der Waals surface area contributed by atoms with Crippen LogP contribution in [-0.4, -0.2) is 25.8 Å². The Morgan fingerprint density at radius 2 is 1.74 bits per heavy atom. The summed E-state index contributed by atoms with van der Waals surface area (Å²) < 4.78 is 63.7. The van der Waals surface area contributed by atoms with E-state index in [1.165, 1.54) is 10.4 Å². The van der Waals surface area contributed by atoms with E-state index in [-0.39, 0.29) is 9.37 Å². The fourth-order valence-corrected chi connectivity index (χ4v) is 3.97. The predicted molar refractivity (Wildman–Crippen MR) is 67.1 cm³/mol. The Balaban J connectivity index is 2.46. The molecule has 0 amide bonds. The third-order valence-electron chi connectivity index (χ3n) is 2.95. The summed E-state index contributed by atoms with van der Waals surface area (Å²) in [6.45, 7) is 0.722.